The van der Waals surface area contributed by atoms with Crippen molar-refractivity contribution in [1.29, 1.82) is 0 Å². The van der Waals surface area contributed by atoms with Crippen LogP contribution in [0.25, 0.3) is 0 Å². The van der Waals surface area contributed by atoms with Gasteiger partial charge in [-0.05, 0) is 12.1 Å². The molecule has 0 unspecified atom stereocenters. The number of anilines is 2. The van der Waals surface area contributed by atoms with Gasteiger partial charge in [0.25, 0.3) is 0 Å². The number of halogens is 6. The average molecular weight is 450 g/mol. The molecule has 1 aromatic heterocycles. The Bertz CT molecular complexity index is 699. The van der Waals surface area contributed by atoms with Crippen LogP contribution in [0.1, 0.15) is 11.6 Å². The Morgan fingerprint density at radius 2 is 1.29 bits per heavy atom. The highest BCUT2D eigenvalue weighted by molar-refractivity contribution is 6.67. The fourth-order valence-electron chi connectivity index (χ4n) is 1.47. The molecule has 0 saturated carbocycles. The van der Waals surface area contributed by atoms with E-state index in [0.717, 1.165) is 0 Å². The van der Waals surface area contributed by atoms with Crippen LogP contribution in [0.15, 0.2) is 30.3 Å². The molecular weight excluding hydrogens is 443 g/mol. The maximum atomic E-state index is 12.0. The lowest BCUT2D eigenvalue weighted by atomic mass is 10.3. The minimum Gasteiger partial charge on any atom is -0.308 e. The van der Waals surface area contributed by atoms with Crippen molar-refractivity contribution in [2.24, 2.45) is 0 Å². The van der Waals surface area contributed by atoms with Crippen molar-refractivity contribution >= 4 is 87.3 Å². The molecule has 1 heterocycles. The summed E-state index contributed by atoms with van der Waals surface area (Å²) in [6, 6.07) is 8.04. The molecule has 0 spiro atoms. The molecule has 0 radical (unpaired) electrons. The summed E-state index contributed by atoms with van der Waals surface area (Å²) in [5.41, 5.74) is 0.548. The third-order valence-corrected chi connectivity index (χ3v) is 3.41. The van der Waals surface area contributed by atoms with Crippen molar-refractivity contribution in [3.05, 3.63) is 42.0 Å². The summed E-state index contributed by atoms with van der Waals surface area (Å²) >= 11 is 34.4. The molecule has 6 nitrogen and oxygen atoms in total. The van der Waals surface area contributed by atoms with Crippen molar-refractivity contribution in [1.82, 2.24) is 15.0 Å². The maximum absolute atomic E-state index is 12.0. The van der Waals surface area contributed by atoms with Crippen LogP contribution in [0.2, 0.25) is 0 Å². The van der Waals surface area contributed by atoms with E-state index < -0.39 is 13.6 Å². The number of benzene rings is 1. The lowest BCUT2D eigenvalue weighted by Gasteiger charge is -2.15. The topological polar surface area (TPSA) is 79.8 Å². The summed E-state index contributed by atoms with van der Waals surface area (Å²) in [6.07, 6.45) is 0. The number of aromatic nitrogens is 3. The van der Waals surface area contributed by atoms with Crippen molar-refractivity contribution in [2.75, 3.05) is 10.6 Å². The lowest BCUT2D eigenvalue weighted by Crippen LogP contribution is -2.24. The lowest BCUT2D eigenvalue weighted by molar-refractivity contribution is 0.262. The van der Waals surface area contributed by atoms with Crippen LogP contribution in [0.4, 0.5) is 16.4 Å². The molecule has 1 aromatic carbocycles. The number of hydrogen-bond donors (Lipinski definition) is 2. The fraction of sp³-hybridized carbons (Fsp3) is 0.167. The first-order valence-corrected chi connectivity index (χ1v) is 8.36. The fourth-order valence-corrected chi connectivity index (χ4v) is 1.98. The van der Waals surface area contributed by atoms with Gasteiger partial charge in [-0.1, -0.05) is 87.8 Å². The largest absolute Gasteiger partial charge is 0.326 e. The molecule has 0 aliphatic rings. The number of nitrogens with one attached hydrogen (secondary N) is 2. The Kier molecular flexibility index (Phi) is 6.23. The van der Waals surface area contributed by atoms with Crippen LogP contribution in [0, 0.1) is 0 Å². The highest BCUT2D eigenvalue weighted by Gasteiger charge is 2.34. The van der Waals surface area contributed by atoms with E-state index in [-0.39, 0.29) is 17.6 Å². The zero-order valence-corrected chi connectivity index (χ0v) is 15.9. The molecule has 2 aromatic rings. The van der Waals surface area contributed by atoms with Crippen LogP contribution in [0.5, 0.6) is 0 Å². The van der Waals surface area contributed by atoms with Gasteiger partial charge in [0.1, 0.15) is 0 Å². The molecule has 128 valence electrons. The predicted molar refractivity (Wildman–Crippen MR) is 97.4 cm³/mol. The van der Waals surface area contributed by atoms with Crippen molar-refractivity contribution in [3.8, 4) is 0 Å². The highest BCUT2D eigenvalue weighted by Crippen LogP contribution is 2.40. The molecule has 12 heteroatoms. The molecule has 0 aliphatic carbocycles. The van der Waals surface area contributed by atoms with Gasteiger partial charge >= 0.3 is 6.03 Å². The molecule has 24 heavy (non-hydrogen) atoms. The summed E-state index contributed by atoms with van der Waals surface area (Å²) in [5.74, 6) is -0.862. The van der Waals surface area contributed by atoms with Crippen LogP contribution in [-0.4, -0.2) is 21.0 Å². The van der Waals surface area contributed by atoms with E-state index in [1.54, 1.807) is 30.3 Å². The first-order chi connectivity index (χ1) is 11.1. The first-order valence-electron chi connectivity index (χ1n) is 6.09. The van der Waals surface area contributed by atoms with Gasteiger partial charge in [0.05, 0.1) is 0 Å². The number of alkyl halides is 6. The summed E-state index contributed by atoms with van der Waals surface area (Å²) in [4.78, 5) is 23.4. The zero-order chi connectivity index (χ0) is 18.0. The Hall–Kier alpha value is -0.760. The minimum atomic E-state index is -2.00. The number of carbonyl (C=O) groups is 1. The Morgan fingerprint density at radius 3 is 1.75 bits per heavy atom. The van der Waals surface area contributed by atoms with Gasteiger partial charge in [-0.2, -0.15) is 9.97 Å². The second-order valence-corrected chi connectivity index (χ2v) is 8.81. The summed E-state index contributed by atoms with van der Waals surface area (Å²) < 4.78 is -4.00. The smallest absolute Gasteiger partial charge is 0.308 e. The van der Waals surface area contributed by atoms with Gasteiger partial charge < -0.3 is 5.32 Å². The number of nitrogens with zero attached hydrogens (tertiary/aromatic N) is 3. The number of para-hydroxylation sites is 1. The van der Waals surface area contributed by atoms with Crippen LogP contribution >= 0.6 is 69.6 Å². The standard InChI is InChI=1S/C12H7Cl6N5O/c13-11(14,15)7-20-8(12(16,17)18)22-9(21-7)23-10(24)19-6-4-2-1-3-5-6/h1-5H,(H2,19,20,21,22,23,24). The monoisotopic (exact) mass is 447 g/mol. The van der Waals surface area contributed by atoms with Crippen LogP contribution in [-0.2, 0) is 7.59 Å². The number of amides is 2. The third-order valence-electron chi connectivity index (χ3n) is 2.40. The molecule has 0 aliphatic heterocycles. The molecule has 0 bridgehead atoms. The van der Waals surface area contributed by atoms with Gasteiger partial charge in [0.15, 0.2) is 11.6 Å². The Labute approximate surface area is 166 Å². The van der Waals surface area contributed by atoms with E-state index in [9.17, 15) is 4.79 Å². The SMILES string of the molecule is O=C(Nc1ccccc1)Nc1nc(C(Cl)(Cl)Cl)nc(C(Cl)(Cl)Cl)n1. The van der Waals surface area contributed by atoms with E-state index in [1.807, 2.05) is 0 Å². The normalized spacial score (nSPS) is 11.9. The van der Waals surface area contributed by atoms with Crippen molar-refractivity contribution < 1.29 is 4.79 Å². The molecular formula is C12H7Cl6N5O. The Morgan fingerprint density at radius 1 is 0.792 bits per heavy atom. The van der Waals surface area contributed by atoms with Gasteiger partial charge in [-0.3, -0.25) is 5.32 Å². The predicted octanol–water partition coefficient (Wildman–Crippen LogP) is 5.17. The van der Waals surface area contributed by atoms with Gasteiger partial charge in [0, 0.05) is 5.69 Å². The van der Waals surface area contributed by atoms with E-state index in [2.05, 4.69) is 25.6 Å². The number of urea groups is 1. The van der Waals surface area contributed by atoms with E-state index in [0.29, 0.717) is 5.69 Å². The summed E-state index contributed by atoms with van der Waals surface area (Å²) in [7, 11) is 0. The van der Waals surface area contributed by atoms with Gasteiger partial charge in [-0.15, -0.1) is 0 Å². The van der Waals surface area contributed by atoms with Crippen LogP contribution < -0.4 is 10.6 Å². The Balaban J connectivity index is 2.27. The van der Waals surface area contributed by atoms with E-state index in [1.165, 1.54) is 0 Å². The van der Waals surface area contributed by atoms with E-state index in [4.69, 9.17) is 69.6 Å². The van der Waals surface area contributed by atoms with Crippen LogP contribution in [0.3, 0.4) is 0 Å². The quantitative estimate of drug-likeness (QED) is 0.620. The first kappa shape index (κ1) is 19.6. The molecule has 0 fully saturated rings. The molecule has 2 rings (SSSR count). The average Bonchev–Trinajstić information content (AvgIpc) is 2.46. The second-order valence-electron chi connectivity index (χ2n) is 4.25. The summed E-state index contributed by atoms with van der Waals surface area (Å²) in [6.45, 7) is 0. The molecule has 0 saturated heterocycles. The number of rotatable bonds is 2. The van der Waals surface area contributed by atoms with Gasteiger partial charge in [-0.25, -0.2) is 9.78 Å². The summed E-state index contributed by atoms with van der Waals surface area (Å²) in [5, 5.41) is 4.91. The van der Waals surface area contributed by atoms with Crippen molar-refractivity contribution in [2.45, 2.75) is 7.59 Å². The zero-order valence-electron chi connectivity index (χ0n) is 11.4. The second kappa shape index (κ2) is 7.64. The minimum absolute atomic E-state index is 0.249. The maximum Gasteiger partial charge on any atom is 0.326 e. The van der Waals surface area contributed by atoms with Gasteiger partial charge in [0.2, 0.25) is 13.5 Å². The highest BCUT2D eigenvalue weighted by atomic mass is 35.6. The number of carbonyl (C=O) groups excluding carboxylic acids is 1. The van der Waals surface area contributed by atoms with E-state index >= 15 is 0 Å². The molecule has 0 atom stereocenters. The molecule has 2 N–H and O–H groups in total. The number of hydrogen-bond acceptors (Lipinski definition) is 4. The van der Waals surface area contributed by atoms with Crippen molar-refractivity contribution in [3.63, 3.8) is 0 Å². The molecule has 2 amide bonds. The third kappa shape index (κ3) is 5.65.